The number of hydrogen-bond acceptors (Lipinski definition) is 2. The minimum atomic E-state index is -0.937. The zero-order chi connectivity index (χ0) is 19.7. The van der Waals surface area contributed by atoms with Crippen LogP contribution < -0.4 is 10.7 Å². The van der Waals surface area contributed by atoms with Crippen LogP contribution in [0.1, 0.15) is 39.7 Å². The molecule has 3 nitrogen and oxygen atoms in total. The Morgan fingerprint density at radius 3 is 2.57 bits per heavy atom. The summed E-state index contributed by atoms with van der Waals surface area (Å²) < 4.78 is 8.39. The Hall–Kier alpha value is -2.30. The van der Waals surface area contributed by atoms with Gasteiger partial charge in [-0.15, -0.1) is 0 Å². The molecule has 0 unspecified atom stereocenters. The van der Waals surface area contributed by atoms with E-state index in [1.54, 1.807) is 21.3 Å². The second-order valence-corrected chi connectivity index (χ2v) is 8.92. The number of aliphatic hydroxyl groups is 1. The molecule has 28 heavy (non-hydrogen) atoms. The fraction of sp³-hybridized carbons (Fsp3) is 0.333. The third kappa shape index (κ3) is 2.44. The van der Waals surface area contributed by atoms with E-state index in [1.165, 1.54) is 38.1 Å². The van der Waals surface area contributed by atoms with E-state index in [4.69, 9.17) is 4.65 Å². The number of fused-ring (bicyclic) bond motifs is 6. The van der Waals surface area contributed by atoms with Crippen LogP contribution in [0.5, 0.6) is 0 Å². The maximum Gasteiger partial charge on any atom is 0.330 e. The van der Waals surface area contributed by atoms with Crippen LogP contribution in [0, 0.1) is 0 Å². The lowest BCUT2D eigenvalue weighted by Crippen LogP contribution is -2.49. The van der Waals surface area contributed by atoms with Crippen LogP contribution in [0.2, 0.25) is 0 Å². The standard InChI is InChI=1S/C24H25BNO2/c1-23(2,27)24(3,4)28-25-15-12-13-17-19-10-7-9-18-16-8-5-6-11-20(16)26(22(18)19)21(17)14-15/h5-6,8,10-14,27H,7,9H2,1-4H3. The zero-order valence-electron chi connectivity index (χ0n) is 16.9. The van der Waals surface area contributed by atoms with E-state index < -0.39 is 11.2 Å². The van der Waals surface area contributed by atoms with Gasteiger partial charge in [0.15, 0.2) is 0 Å². The first-order valence-corrected chi connectivity index (χ1v) is 9.99. The van der Waals surface area contributed by atoms with Gasteiger partial charge in [-0.1, -0.05) is 41.9 Å². The Morgan fingerprint density at radius 1 is 1.00 bits per heavy atom. The summed E-state index contributed by atoms with van der Waals surface area (Å²) in [6.07, 6.45) is 4.57. The smallest absolute Gasteiger partial charge is 0.330 e. The fourth-order valence-electron chi connectivity index (χ4n) is 4.18. The van der Waals surface area contributed by atoms with Gasteiger partial charge in [-0.25, -0.2) is 0 Å². The lowest BCUT2D eigenvalue weighted by atomic mass is 9.82. The molecule has 1 aliphatic carbocycles. The Kier molecular flexibility index (Phi) is 3.72. The summed E-state index contributed by atoms with van der Waals surface area (Å²) >= 11 is 0. The van der Waals surface area contributed by atoms with Crippen molar-refractivity contribution in [1.82, 2.24) is 4.40 Å². The molecule has 4 heteroatoms. The van der Waals surface area contributed by atoms with Crippen molar-refractivity contribution >= 4 is 46.3 Å². The quantitative estimate of drug-likeness (QED) is 0.558. The predicted molar refractivity (Wildman–Crippen MR) is 117 cm³/mol. The molecule has 0 saturated heterocycles. The average molecular weight is 370 g/mol. The first-order valence-electron chi connectivity index (χ1n) is 9.99. The number of hydrogen-bond donors (Lipinski definition) is 1. The lowest BCUT2D eigenvalue weighted by Gasteiger charge is -2.37. The van der Waals surface area contributed by atoms with Crippen molar-refractivity contribution in [2.75, 3.05) is 0 Å². The van der Waals surface area contributed by atoms with Crippen LogP contribution in [0.25, 0.3) is 33.4 Å². The van der Waals surface area contributed by atoms with Gasteiger partial charge in [-0.05, 0) is 58.2 Å². The highest BCUT2D eigenvalue weighted by Crippen LogP contribution is 2.32. The molecule has 5 rings (SSSR count). The van der Waals surface area contributed by atoms with Crippen molar-refractivity contribution in [1.29, 1.82) is 0 Å². The molecule has 0 aliphatic heterocycles. The molecular weight excluding hydrogens is 345 g/mol. The molecule has 1 radical (unpaired) electrons. The molecule has 2 heterocycles. The van der Waals surface area contributed by atoms with Crippen molar-refractivity contribution in [3.63, 3.8) is 0 Å². The van der Waals surface area contributed by atoms with Crippen LogP contribution in [0.15, 0.2) is 42.5 Å². The second kappa shape index (κ2) is 5.85. The van der Waals surface area contributed by atoms with Gasteiger partial charge in [0.1, 0.15) is 0 Å². The van der Waals surface area contributed by atoms with E-state index in [0.717, 1.165) is 18.3 Å². The van der Waals surface area contributed by atoms with Crippen LogP contribution in [0.4, 0.5) is 0 Å². The van der Waals surface area contributed by atoms with E-state index in [-0.39, 0.29) is 0 Å². The summed E-state index contributed by atoms with van der Waals surface area (Å²) in [4.78, 5) is 0. The summed E-state index contributed by atoms with van der Waals surface area (Å²) in [5.41, 5.74) is 4.69. The normalized spacial score (nSPS) is 14.8. The average Bonchev–Trinajstić information content (AvgIpc) is 3.17. The topological polar surface area (TPSA) is 33.9 Å². The minimum absolute atomic E-state index is 0.682. The molecule has 0 fully saturated rings. The Labute approximate surface area is 165 Å². The van der Waals surface area contributed by atoms with E-state index in [1.807, 2.05) is 13.8 Å². The summed E-state index contributed by atoms with van der Waals surface area (Å²) in [5, 5.41) is 14.4. The van der Waals surface area contributed by atoms with Gasteiger partial charge in [0.25, 0.3) is 0 Å². The summed E-state index contributed by atoms with van der Waals surface area (Å²) in [7, 11) is 1.77. The van der Waals surface area contributed by atoms with Crippen LogP contribution in [0.3, 0.4) is 0 Å². The van der Waals surface area contributed by atoms with Crippen LogP contribution >= 0.6 is 0 Å². The monoisotopic (exact) mass is 370 g/mol. The zero-order valence-corrected chi connectivity index (χ0v) is 16.9. The van der Waals surface area contributed by atoms with E-state index in [2.05, 4.69) is 52.9 Å². The van der Waals surface area contributed by atoms with Gasteiger partial charge in [0, 0.05) is 16.0 Å². The van der Waals surface area contributed by atoms with Crippen molar-refractivity contribution in [2.24, 2.45) is 0 Å². The number of rotatable bonds is 4. The van der Waals surface area contributed by atoms with Crippen molar-refractivity contribution < 1.29 is 9.76 Å². The van der Waals surface area contributed by atoms with Gasteiger partial charge in [-0.3, -0.25) is 0 Å². The summed E-state index contributed by atoms with van der Waals surface area (Å²) in [6.45, 7) is 7.36. The molecule has 2 aromatic heterocycles. The van der Waals surface area contributed by atoms with Crippen LogP contribution in [-0.4, -0.2) is 28.2 Å². The first kappa shape index (κ1) is 17.8. The molecule has 1 aliphatic rings. The Bertz CT molecular complexity index is 1280. The lowest BCUT2D eigenvalue weighted by molar-refractivity contribution is -0.0893. The third-order valence-corrected chi connectivity index (χ3v) is 6.49. The molecule has 1 N–H and O–H groups in total. The first-order chi connectivity index (χ1) is 13.3. The number of aryl methyl sites for hydroxylation is 1. The van der Waals surface area contributed by atoms with Crippen molar-refractivity contribution in [3.8, 4) is 0 Å². The van der Waals surface area contributed by atoms with Gasteiger partial charge < -0.3 is 14.2 Å². The third-order valence-electron chi connectivity index (χ3n) is 6.49. The van der Waals surface area contributed by atoms with Crippen molar-refractivity contribution in [3.05, 3.63) is 53.2 Å². The molecule has 0 spiro atoms. The Balaban J connectivity index is 1.68. The van der Waals surface area contributed by atoms with E-state index in [9.17, 15) is 5.11 Å². The van der Waals surface area contributed by atoms with Crippen molar-refractivity contribution in [2.45, 2.75) is 51.7 Å². The maximum absolute atomic E-state index is 10.3. The second-order valence-electron chi connectivity index (χ2n) is 8.92. The molecule has 4 aromatic rings. The minimum Gasteiger partial charge on any atom is -0.427 e. The van der Waals surface area contributed by atoms with Gasteiger partial charge in [-0.2, -0.15) is 0 Å². The fourth-order valence-corrected chi connectivity index (χ4v) is 4.18. The molecule has 141 valence electrons. The van der Waals surface area contributed by atoms with E-state index >= 15 is 0 Å². The molecule has 0 amide bonds. The number of nitrogens with zero attached hydrogens (tertiary/aromatic N) is 1. The van der Waals surface area contributed by atoms with Gasteiger partial charge in [0.05, 0.1) is 27.8 Å². The highest BCUT2D eigenvalue weighted by Gasteiger charge is 2.35. The van der Waals surface area contributed by atoms with Gasteiger partial charge >= 0.3 is 7.48 Å². The summed E-state index contributed by atoms with van der Waals surface area (Å²) in [5.74, 6) is 0. The highest BCUT2D eigenvalue weighted by molar-refractivity contribution is 6.47. The molecule has 0 atom stereocenters. The number of para-hydroxylation sites is 1. The highest BCUT2D eigenvalue weighted by atomic mass is 16.5. The van der Waals surface area contributed by atoms with E-state index in [0.29, 0.717) is 0 Å². The maximum atomic E-state index is 10.3. The SMILES string of the molecule is CC(C)(O)C(C)(C)O[B]c1ccc2c3c4c(c5ccccc5n4c2c1)CCC=3. The van der Waals surface area contributed by atoms with Gasteiger partial charge in [0.2, 0.25) is 0 Å². The summed E-state index contributed by atoms with van der Waals surface area (Å²) in [6, 6.07) is 15.2. The predicted octanol–water partition coefficient (Wildman–Crippen LogP) is 3.50. The molecule has 0 saturated carbocycles. The largest absolute Gasteiger partial charge is 0.427 e. The number of benzene rings is 2. The molecular formula is C24H25BNO2. The van der Waals surface area contributed by atoms with Crippen LogP contribution in [-0.2, 0) is 11.1 Å². The Morgan fingerprint density at radius 2 is 1.79 bits per heavy atom. The molecule has 2 aromatic carbocycles. The number of aromatic nitrogens is 1. The molecule has 0 bridgehead atoms.